The Morgan fingerprint density at radius 3 is 2.76 bits per heavy atom. The van der Waals surface area contributed by atoms with Gasteiger partial charge in [-0.2, -0.15) is 0 Å². The van der Waals surface area contributed by atoms with E-state index in [0.29, 0.717) is 5.16 Å². The van der Waals surface area contributed by atoms with Gasteiger partial charge in [-0.25, -0.2) is 4.98 Å². The van der Waals surface area contributed by atoms with Crippen molar-refractivity contribution in [1.29, 1.82) is 0 Å². The van der Waals surface area contributed by atoms with Gasteiger partial charge in [-0.05, 0) is 12.0 Å². The van der Waals surface area contributed by atoms with E-state index in [1.807, 2.05) is 18.2 Å². The number of benzene rings is 1. The Hall–Kier alpha value is -1.75. The van der Waals surface area contributed by atoms with E-state index >= 15 is 0 Å². The molecule has 88 valence electrons. The average molecular weight is 248 g/mol. The smallest absolute Gasteiger partial charge is 0.293 e. The van der Waals surface area contributed by atoms with Crippen LogP contribution in [0.3, 0.4) is 0 Å². The largest absolute Gasteiger partial charge is 0.502 e. The van der Waals surface area contributed by atoms with Crippen LogP contribution in [0.15, 0.2) is 46.5 Å². The summed E-state index contributed by atoms with van der Waals surface area (Å²) in [7, 11) is 0. The third kappa shape index (κ3) is 3.35. The molecule has 0 atom stereocenters. The van der Waals surface area contributed by atoms with Gasteiger partial charge in [0.15, 0.2) is 10.9 Å². The zero-order valence-corrected chi connectivity index (χ0v) is 9.91. The molecule has 0 unspecified atom stereocenters. The molecule has 0 fully saturated rings. The molecule has 1 heterocycles. The molecule has 0 aliphatic heterocycles. The van der Waals surface area contributed by atoms with E-state index in [0.717, 1.165) is 12.2 Å². The van der Waals surface area contributed by atoms with E-state index in [1.54, 1.807) is 0 Å². The van der Waals surface area contributed by atoms with Crippen LogP contribution < -0.4 is 5.56 Å². The summed E-state index contributed by atoms with van der Waals surface area (Å²) in [6, 6.07) is 10.1. The molecule has 5 heteroatoms. The molecule has 0 aliphatic carbocycles. The molecular formula is C12H12N2O2S. The van der Waals surface area contributed by atoms with Gasteiger partial charge in [0.2, 0.25) is 0 Å². The number of hydrogen-bond acceptors (Lipinski definition) is 4. The van der Waals surface area contributed by atoms with Gasteiger partial charge in [0.05, 0.1) is 6.20 Å². The summed E-state index contributed by atoms with van der Waals surface area (Å²) < 4.78 is 0. The van der Waals surface area contributed by atoms with E-state index < -0.39 is 5.56 Å². The molecule has 0 spiro atoms. The minimum Gasteiger partial charge on any atom is -0.502 e. The van der Waals surface area contributed by atoms with Gasteiger partial charge in [0.25, 0.3) is 5.56 Å². The Morgan fingerprint density at radius 1 is 1.29 bits per heavy atom. The van der Waals surface area contributed by atoms with Crippen molar-refractivity contribution in [2.24, 2.45) is 0 Å². The first-order valence-corrected chi connectivity index (χ1v) is 6.19. The van der Waals surface area contributed by atoms with Crippen LogP contribution >= 0.6 is 11.8 Å². The predicted octanol–water partition coefficient (Wildman–Crippen LogP) is 1.81. The van der Waals surface area contributed by atoms with Crippen molar-refractivity contribution in [2.75, 3.05) is 5.75 Å². The monoisotopic (exact) mass is 248 g/mol. The van der Waals surface area contributed by atoms with E-state index in [9.17, 15) is 4.79 Å². The number of H-pyrrole nitrogens is 1. The third-order valence-electron chi connectivity index (χ3n) is 2.23. The molecule has 0 saturated carbocycles. The second kappa shape index (κ2) is 5.54. The number of aromatic hydroxyl groups is 1. The molecule has 2 N–H and O–H groups in total. The van der Waals surface area contributed by atoms with Crippen LogP contribution in [0.4, 0.5) is 0 Å². The van der Waals surface area contributed by atoms with Crippen LogP contribution in [0.2, 0.25) is 0 Å². The van der Waals surface area contributed by atoms with Crippen molar-refractivity contribution in [3.8, 4) is 5.75 Å². The number of hydrogen-bond donors (Lipinski definition) is 2. The minimum atomic E-state index is -0.498. The highest BCUT2D eigenvalue weighted by atomic mass is 32.2. The topological polar surface area (TPSA) is 66.0 Å². The Morgan fingerprint density at radius 2 is 2.06 bits per heavy atom. The lowest BCUT2D eigenvalue weighted by atomic mass is 10.2. The Bertz CT molecular complexity index is 540. The number of aryl methyl sites for hydroxylation is 1. The van der Waals surface area contributed by atoms with Gasteiger partial charge in [-0.15, -0.1) is 0 Å². The zero-order chi connectivity index (χ0) is 12.1. The molecule has 2 aromatic rings. The first-order valence-electron chi connectivity index (χ1n) is 5.21. The van der Waals surface area contributed by atoms with Crippen LogP contribution in [-0.4, -0.2) is 20.8 Å². The van der Waals surface area contributed by atoms with Gasteiger partial charge in [-0.1, -0.05) is 42.1 Å². The average Bonchev–Trinajstić information content (AvgIpc) is 2.35. The molecule has 17 heavy (non-hydrogen) atoms. The maximum Gasteiger partial charge on any atom is 0.293 e. The SMILES string of the molecule is O=c1[nH]c(SCCc2ccccc2)ncc1O. The molecule has 2 rings (SSSR count). The Labute approximate surface area is 103 Å². The standard InChI is InChI=1S/C12H12N2O2S/c15-10-8-13-12(14-11(10)16)17-7-6-9-4-2-1-3-5-9/h1-5,8,15H,6-7H2,(H,13,14,16). The third-order valence-corrected chi connectivity index (χ3v) is 3.12. The van der Waals surface area contributed by atoms with Crippen molar-refractivity contribution in [2.45, 2.75) is 11.6 Å². The van der Waals surface area contributed by atoms with Gasteiger partial charge in [0, 0.05) is 5.75 Å². The minimum absolute atomic E-state index is 0.350. The normalized spacial score (nSPS) is 10.4. The molecule has 0 saturated heterocycles. The first kappa shape index (κ1) is 11.7. The van der Waals surface area contributed by atoms with Crippen LogP contribution in [0.1, 0.15) is 5.56 Å². The maximum absolute atomic E-state index is 11.1. The molecule has 1 aromatic heterocycles. The van der Waals surface area contributed by atoms with E-state index in [1.165, 1.54) is 23.5 Å². The van der Waals surface area contributed by atoms with Gasteiger partial charge in [0.1, 0.15) is 0 Å². The fourth-order valence-corrected chi connectivity index (χ4v) is 2.18. The summed E-state index contributed by atoms with van der Waals surface area (Å²) in [5, 5.41) is 9.56. The second-order valence-electron chi connectivity index (χ2n) is 3.49. The summed E-state index contributed by atoms with van der Waals surface area (Å²) >= 11 is 1.46. The van der Waals surface area contributed by atoms with Crippen LogP contribution in [0.25, 0.3) is 0 Å². The maximum atomic E-state index is 11.1. The molecule has 0 amide bonds. The van der Waals surface area contributed by atoms with E-state index in [4.69, 9.17) is 5.11 Å². The summed E-state index contributed by atoms with van der Waals surface area (Å²) in [5.41, 5.74) is 0.753. The molecule has 1 aromatic carbocycles. The van der Waals surface area contributed by atoms with Crippen molar-refractivity contribution >= 4 is 11.8 Å². The first-order chi connectivity index (χ1) is 8.25. The van der Waals surface area contributed by atoms with Gasteiger partial charge >= 0.3 is 0 Å². The fraction of sp³-hybridized carbons (Fsp3) is 0.167. The Kier molecular flexibility index (Phi) is 3.82. The molecule has 4 nitrogen and oxygen atoms in total. The highest BCUT2D eigenvalue weighted by Gasteiger charge is 2.01. The molecular weight excluding hydrogens is 236 g/mol. The number of aromatic amines is 1. The van der Waals surface area contributed by atoms with E-state index in [2.05, 4.69) is 22.1 Å². The summed E-state index contributed by atoms with van der Waals surface area (Å²) in [4.78, 5) is 17.5. The summed E-state index contributed by atoms with van der Waals surface area (Å²) in [6.45, 7) is 0. The summed E-state index contributed by atoms with van der Waals surface area (Å²) in [5.74, 6) is 0.481. The second-order valence-corrected chi connectivity index (χ2v) is 4.57. The van der Waals surface area contributed by atoms with Gasteiger partial charge in [-0.3, -0.25) is 9.78 Å². The highest BCUT2D eigenvalue weighted by Crippen LogP contribution is 2.13. The van der Waals surface area contributed by atoms with Crippen molar-refractivity contribution in [3.63, 3.8) is 0 Å². The number of nitrogens with one attached hydrogen (secondary N) is 1. The quantitative estimate of drug-likeness (QED) is 0.639. The lowest BCUT2D eigenvalue weighted by molar-refractivity contribution is 0.460. The molecule has 0 radical (unpaired) electrons. The highest BCUT2D eigenvalue weighted by molar-refractivity contribution is 7.99. The Balaban J connectivity index is 1.90. The molecule has 0 aliphatic rings. The van der Waals surface area contributed by atoms with Crippen molar-refractivity contribution in [3.05, 3.63) is 52.4 Å². The predicted molar refractivity (Wildman–Crippen MR) is 67.4 cm³/mol. The van der Waals surface area contributed by atoms with Gasteiger partial charge < -0.3 is 5.11 Å². The number of rotatable bonds is 4. The van der Waals surface area contributed by atoms with Crippen LogP contribution in [0.5, 0.6) is 5.75 Å². The number of thioether (sulfide) groups is 1. The lowest BCUT2D eigenvalue weighted by Crippen LogP contribution is -2.07. The zero-order valence-electron chi connectivity index (χ0n) is 9.09. The van der Waals surface area contributed by atoms with E-state index in [-0.39, 0.29) is 5.75 Å². The summed E-state index contributed by atoms with van der Waals surface area (Å²) in [6.07, 6.45) is 2.08. The number of nitrogens with zero attached hydrogens (tertiary/aromatic N) is 1. The van der Waals surface area contributed by atoms with Crippen LogP contribution in [-0.2, 0) is 6.42 Å². The lowest BCUT2D eigenvalue weighted by Gasteiger charge is -2.01. The van der Waals surface area contributed by atoms with Crippen molar-refractivity contribution in [1.82, 2.24) is 9.97 Å². The number of aromatic nitrogens is 2. The molecule has 0 bridgehead atoms. The van der Waals surface area contributed by atoms with Crippen molar-refractivity contribution < 1.29 is 5.11 Å². The van der Waals surface area contributed by atoms with Crippen LogP contribution in [0, 0.1) is 0 Å². The fourth-order valence-electron chi connectivity index (χ4n) is 1.36.